The minimum Gasteiger partial charge on any atom is -0.444 e. The molecule has 0 bridgehead atoms. The van der Waals surface area contributed by atoms with Crippen molar-refractivity contribution in [1.29, 1.82) is 0 Å². The molecule has 0 saturated heterocycles. The van der Waals surface area contributed by atoms with Crippen LogP contribution in [-0.4, -0.2) is 11.7 Å². The first-order valence-electron chi connectivity index (χ1n) is 4.78. The Kier molecular flexibility index (Phi) is 5.15. The van der Waals surface area contributed by atoms with Crippen LogP contribution in [-0.2, 0) is 4.74 Å². The zero-order chi connectivity index (χ0) is 12.8. The maximum absolute atomic E-state index is 11.3. The van der Waals surface area contributed by atoms with Crippen LogP contribution in [0.4, 0.5) is 4.79 Å². The number of carbonyl (C=O) groups excluding carboxylic acids is 1. The molecule has 90 valence electrons. The Morgan fingerprint density at radius 1 is 1.44 bits per heavy atom. The molecule has 0 atom stereocenters. The fourth-order valence-electron chi connectivity index (χ4n) is 0.818. The summed E-state index contributed by atoms with van der Waals surface area (Å²) in [5.74, 6) is 0.147. The van der Waals surface area contributed by atoms with Crippen molar-refractivity contribution in [3.63, 3.8) is 0 Å². The summed E-state index contributed by atoms with van der Waals surface area (Å²) in [6, 6.07) is 0. The van der Waals surface area contributed by atoms with Gasteiger partial charge in [0.15, 0.2) is 0 Å². The Labute approximate surface area is 96.0 Å². The SMILES string of the molecule is C=CNC(=C)/C=C(/N)NC(=O)OC(C)(C)C. The van der Waals surface area contributed by atoms with Gasteiger partial charge in [-0.3, -0.25) is 5.32 Å². The number of hydrogen-bond donors (Lipinski definition) is 3. The van der Waals surface area contributed by atoms with Crippen molar-refractivity contribution in [2.24, 2.45) is 5.73 Å². The highest BCUT2D eigenvalue weighted by atomic mass is 16.6. The van der Waals surface area contributed by atoms with E-state index in [0.717, 1.165) is 0 Å². The van der Waals surface area contributed by atoms with Crippen LogP contribution >= 0.6 is 0 Å². The van der Waals surface area contributed by atoms with Crippen LogP contribution in [0.1, 0.15) is 20.8 Å². The summed E-state index contributed by atoms with van der Waals surface area (Å²) in [6.45, 7) is 12.4. The molecule has 0 fully saturated rings. The van der Waals surface area contributed by atoms with Gasteiger partial charge in [-0.1, -0.05) is 13.2 Å². The van der Waals surface area contributed by atoms with E-state index in [-0.39, 0.29) is 5.82 Å². The molecular formula is C11H19N3O2. The van der Waals surface area contributed by atoms with Gasteiger partial charge in [0.05, 0.1) is 0 Å². The monoisotopic (exact) mass is 225 g/mol. The van der Waals surface area contributed by atoms with Gasteiger partial charge < -0.3 is 15.8 Å². The van der Waals surface area contributed by atoms with Gasteiger partial charge in [0, 0.05) is 11.8 Å². The highest BCUT2D eigenvalue weighted by Gasteiger charge is 2.16. The molecule has 5 heteroatoms. The van der Waals surface area contributed by atoms with Crippen molar-refractivity contribution < 1.29 is 9.53 Å². The average molecular weight is 225 g/mol. The predicted octanol–water partition coefficient (Wildman–Crippen LogP) is 1.56. The predicted molar refractivity (Wildman–Crippen MR) is 64.1 cm³/mol. The van der Waals surface area contributed by atoms with E-state index in [2.05, 4.69) is 23.8 Å². The smallest absolute Gasteiger partial charge is 0.413 e. The van der Waals surface area contributed by atoms with Crippen molar-refractivity contribution in [2.45, 2.75) is 26.4 Å². The Balaban J connectivity index is 4.24. The van der Waals surface area contributed by atoms with Gasteiger partial charge >= 0.3 is 6.09 Å². The van der Waals surface area contributed by atoms with Gasteiger partial charge in [-0.15, -0.1) is 0 Å². The maximum Gasteiger partial charge on any atom is 0.413 e. The summed E-state index contributed by atoms with van der Waals surface area (Å²) in [7, 11) is 0. The largest absolute Gasteiger partial charge is 0.444 e. The van der Waals surface area contributed by atoms with E-state index in [4.69, 9.17) is 10.5 Å². The molecule has 0 saturated carbocycles. The lowest BCUT2D eigenvalue weighted by Gasteiger charge is -2.19. The standard InChI is InChI=1S/C11H19N3O2/c1-6-13-8(2)7-9(12)14-10(15)16-11(3,4)5/h6-7,13H,1-2,12H2,3-5H3,(H,14,15)/b9-7-. The number of ether oxygens (including phenoxy) is 1. The van der Waals surface area contributed by atoms with Crippen molar-refractivity contribution in [3.8, 4) is 0 Å². The number of amides is 1. The van der Waals surface area contributed by atoms with Gasteiger partial charge in [-0.2, -0.15) is 0 Å². The third-order valence-corrected chi connectivity index (χ3v) is 1.26. The minimum atomic E-state index is -0.604. The highest BCUT2D eigenvalue weighted by Crippen LogP contribution is 2.06. The Bertz CT molecular complexity index is 314. The first-order chi connectivity index (χ1) is 7.24. The van der Waals surface area contributed by atoms with E-state index in [9.17, 15) is 4.79 Å². The highest BCUT2D eigenvalue weighted by molar-refractivity contribution is 5.69. The fourth-order valence-corrected chi connectivity index (χ4v) is 0.818. The van der Waals surface area contributed by atoms with Crippen molar-refractivity contribution in [3.05, 3.63) is 37.0 Å². The van der Waals surface area contributed by atoms with E-state index in [1.165, 1.54) is 12.3 Å². The van der Waals surface area contributed by atoms with Gasteiger partial charge in [0.1, 0.15) is 11.4 Å². The van der Waals surface area contributed by atoms with Crippen molar-refractivity contribution in [2.75, 3.05) is 0 Å². The number of nitrogens with one attached hydrogen (secondary N) is 2. The summed E-state index contributed by atoms with van der Waals surface area (Å²) in [4.78, 5) is 11.3. The van der Waals surface area contributed by atoms with Crippen LogP contribution in [0.5, 0.6) is 0 Å². The van der Waals surface area contributed by atoms with Crippen LogP contribution in [0.3, 0.4) is 0 Å². The lowest BCUT2D eigenvalue weighted by atomic mass is 10.2. The van der Waals surface area contributed by atoms with Crippen LogP contribution in [0.25, 0.3) is 0 Å². The first kappa shape index (κ1) is 14.1. The number of hydrogen-bond acceptors (Lipinski definition) is 4. The molecule has 0 rings (SSSR count). The Morgan fingerprint density at radius 3 is 2.44 bits per heavy atom. The molecule has 0 aromatic rings. The van der Waals surface area contributed by atoms with Crippen LogP contribution in [0.15, 0.2) is 37.0 Å². The molecule has 1 amide bonds. The number of nitrogens with two attached hydrogens (primary N) is 1. The lowest BCUT2D eigenvalue weighted by molar-refractivity contribution is 0.0545. The normalized spacial score (nSPS) is 11.6. The molecular weight excluding hydrogens is 206 g/mol. The molecule has 0 aliphatic rings. The molecule has 5 nitrogen and oxygen atoms in total. The van der Waals surface area contributed by atoms with E-state index in [1.54, 1.807) is 20.8 Å². The summed E-state index contributed by atoms with van der Waals surface area (Å²) in [6.07, 6.45) is 2.32. The lowest BCUT2D eigenvalue weighted by Crippen LogP contribution is -2.34. The summed E-state index contributed by atoms with van der Waals surface area (Å²) in [5.41, 5.74) is 5.50. The van der Waals surface area contributed by atoms with Gasteiger partial charge in [0.25, 0.3) is 0 Å². The zero-order valence-electron chi connectivity index (χ0n) is 9.96. The molecule has 16 heavy (non-hydrogen) atoms. The first-order valence-corrected chi connectivity index (χ1v) is 4.78. The Morgan fingerprint density at radius 2 is 2.00 bits per heavy atom. The van der Waals surface area contributed by atoms with Crippen molar-refractivity contribution >= 4 is 6.09 Å². The van der Waals surface area contributed by atoms with Gasteiger partial charge in [-0.25, -0.2) is 4.79 Å². The molecule has 4 N–H and O–H groups in total. The summed E-state index contributed by atoms with van der Waals surface area (Å²) < 4.78 is 5.01. The fraction of sp³-hybridized carbons (Fsp3) is 0.364. The number of carbonyl (C=O) groups is 1. The summed E-state index contributed by atoms with van der Waals surface area (Å²) >= 11 is 0. The average Bonchev–Trinajstić information content (AvgIpc) is 1.98. The molecule has 0 aliphatic carbocycles. The quantitative estimate of drug-likeness (QED) is 0.634. The molecule has 0 radical (unpaired) electrons. The van der Waals surface area contributed by atoms with Gasteiger partial charge in [0.2, 0.25) is 0 Å². The van der Waals surface area contributed by atoms with E-state index in [1.807, 2.05) is 0 Å². The third-order valence-electron chi connectivity index (χ3n) is 1.26. The second kappa shape index (κ2) is 5.85. The molecule has 0 aromatic heterocycles. The van der Waals surface area contributed by atoms with E-state index < -0.39 is 11.7 Å². The van der Waals surface area contributed by atoms with Crippen LogP contribution in [0.2, 0.25) is 0 Å². The maximum atomic E-state index is 11.3. The molecule has 0 unspecified atom stereocenters. The third kappa shape index (κ3) is 7.49. The minimum absolute atomic E-state index is 0.147. The van der Waals surface area contributed by atoms with E-state index in [0.29, 0.717) is 5.70 Å². The van der Waals surface area contributed by atoms with Crippen LogP contribution in [0, 0.1) is 0 Å². The molecule has 0 heterocycles. The number of allylic oxidation sites excluding steroid dienone is 1. The summed E-state index contributed by atoms with van der Waals surface area (Å²) in [5, 5.41) is 5.09. The Hall–Kier alpha value is -1.91. The second-order valence-corrected chi connectivity index (χ2v) is 4.10. The molecule has 0 aliphatic heterocycles. The number of rotatable bonds is 4. The van der Waals surface area contributed by atoms with Crippen molar-refractivity contribution in [1.82, 2.24) is 10.6 Å². The topological polar surface area (TPSA) is 76.4 Å². The van der Waals surface area contributed by atoms with Crippen LogP contribution < -0.4 is 16.4 Å². The van der Waals surface area contributed by atoms with Gasteiger partial charge in [-0.05, 0) is 27.0 Å². The number of alkyl carbamates (subject to hydrolysis) is 1. The zero-order valence-corrected chi connectivity index (χ0v) is 9.96. The second-order valence-electron chi connectivity index (χ2n) is 4.10. The molecule has 0 aromatic carbocycles. The molecule has 0 spiro atoms. The van der Waals surface area contributed by atoms with E-state index >= 15 is 0 Å².